The number of aliphatic imine (C=N–C) groups is 1. The summed E-state index contributed by atoms with van der Waals surface area (Å²) in [5, 5.41) is 2.40. The maximum Gasteiger partial charge on any atom is 0.248 e. The molecule has 1 aliphatic rings. The first-order chi connectivity index (χ1) is 13.2. The van der Waals surface area contributed by atoms with E-state index in [1.165, 1.54) is 32.1 Å². The van der Waals surface area contributed by atoms with E-state index in [0.717, 1.165) is 35.2 Å². The summed E-state index contributed by atoms with van der Waals surface area (Å²) < 4.78 is 0. The molecule has 6 heteroatoms. The summed E-state index contributed by atoms with van der Waals surface area (Å²) in [7, 11) is 0. The third-order valence-electron chi connectivity index (χ3n) is 5.13. The van der Waals surface area contributed by atoms with Gasteiger partial charge in [-0.15, -0.1) is 0 Å². The second-order valence-electron chi connectivity index (χ2n) is 7.02. The lowest BCUT2D eigenvalue weighted by Crippen LogP contribution is -2.29. The molecule has 1 aliphatic carbocycles. The molecule has 6 nitrogen and oxygen atoms in total. The maximum atomic E-state index is 11.7. The highest BCUT2D eigenvalue weighted by atomic mass is 16.1. The molecule has 0 unspecified atom stereocenters. The van der Waals surface area contributed by atoms with Crippen LogP contribution in [0, 0.1) is 0 Å². The molecule has 1 heterocycles. The van der Waals surface area contributed by atoms with E-state index in [4.69, 9.17) is 5.73 Å². The Labute approximate surface area is 158 Å². The van der Waals surface area contributed by atoms with Gasteiger partial charge >= 0.3 is 0 Å². The summed E-state index contributed by atoms with van der Waals surface area (Å²) in [4.78, 5) is 29.4. The molecule has 1 fully saturated rings. The van der Waals surface area contributed by atoms with Gasteiger partial charge in [-0.05, 0) is 53.6 Å². The van der Waals surface area contributed by atoms with Crippen molar-refractivity contribution in [1.82, 2.24) is 10.3 Å². The van der Waals surface area contributed by atoms with Crippen LogP contribution in [0.2, 0.25) is 0 Å². The molecule has 0 saturated heterocycles. The van der Waals surface area contributed by atoms with Crippen molar-refractivity contribution in [2.75, 3.05) is 0 Å². The lowest BCUT2D eigenvalue weighted by Gasteiger charge is -2.22. The number of guanidine groups is 1. The van der Waals surface area contributed by atoms with Gasteiger partial charge in [0.1, 0.15) is 0 Å². The average Bonchev–Trinajstić information content (AvgIpc) is 2.62. The molecule has 1 amide bonds. The number of benzene rings is 1. The molecule has 2 aromatic rings. The first-order valence-corrected chi connectivity index (χ1v) is 9.55. The largest absolute Gasteiger partial charge is 0.369 e. The summed E-state index contributed by atoms with van der Waals surface area (Å²) in [6.45, 7) is 0. The van der Waals surface area contributed by atoms with Crippen molar-refractivity contribution in [3.63, 3.8) is 0 Å². The molecule has 3 rings (SSSR count). The van der Waals surface area contributed by atoms with Crippen LogP contribution in [0.25, 0.3) is 11.1 Å². The summed E-state index contributed by atoms with van der Waals surface area (Å²) in [6, 6.07) is 9.47. The molecular formula is C21H26N4O2. The van der Waals surface area contributed by atoms with Gasteiger partial charge < -0.3 is 10.7 Å². The van der Waals surface area contributed by atoms with Gasteiger partial charge in [0.15, 0.2) is 5.96 Å². The number of carbonyl (C=O) groups is 1. The van der Waals surface area contributed by atoms with Gasteiger partial charge in [-0.25, -0.2) is 4.99 Å². The molecule has 0 bridgehead atoms. The molecule has 1 aromatic heterocycles. The molecule has 0 atom stereocenters. The molecule has 0 aliphatic heterocycles. The number of aromatic nitrogens is 1. The molecule has 4 N–H and O–H groups in total. The van der Waals surface area contributed by atoms with E-state index < -0.39 is 0 Å². The highest BCUT2D eigenvalue weighted by Gasteiger charge is 2.18. The summed E-state index contributed by atoms with van der Waals surface area (Å²) in [6.07, 6.45) is 10.6. The van der Waals surface area contributed by atoms with Crippen LogP contribution in [0.3, 0.4) is 0 Å². The highest BCUT2D eigenvalue weighted by molar-refractivity contribution is 5.89. The Morgan fingerprint density at radius 3 is 2.48 bits per heavy atom. The minimum absolute atomic E-state index is 0.0843. The molecule has 1 aromatic carbocycles. The third-order valence-corrected chi connectivity index (χ3v) is 5.13. The Balaban J connectivity index is 2.03. The van der Waals surface area contributed by atoms with E-state index in [-0.39, 0.29) is 11.5 Å². The van der Waals surface area contributed by atoms with Crippen molar-refractivity contribution in [3.05, 3.63) is 52.4 Å². The number of nitrogens with two attached hydrogens (primary N) is 1. The van der Waals surface area contributed by atoms with Crippen molar-refractivity contribution in [3.8, 4) is 11.1 Å². The van der Waals surface area contributed by atoms with Crippen LogP contribution >= 0.6 is 0 Å². The maximum absolute atomic E-state index is 11.7. The fourth-order valence-corrected chi connectivity index (χ4v) is 3.78. The predicted molar refractivity (Wildman–Crippen MR) is 108 cm³/mol. The van der Waals surface area contributed by atoms with Crippen molar-refractivity contribution >= 4 is 18.1 Å². The number of nitrogens with one attached hydrogen (secondary N) is 2. The SMILES string of the molecule is NC(=Nc1ccc(-c2cc[nH]c(=O)c2)cc1C1CCCCCCC1)NC=O. The Morgan fingerprint density at radius 2 is 1.78 bits per heavy atom. The predicted octanol–water partition coefficient (Wildman–Crippen LogP) is 3.56. The quantitative estimate of drug-likeness (QED) is 0.438. The Hall–Kier alpha value is -2.89. The van der Waals surface area contributed by atoms with E-state index in [1.807, 2.05) is 18.2 Å². The van der Waals surface area contributed by atoms with E-state index in [9.17, 15) is 9.59 Å². The van der Waals surface area contributed by atoms with Gasteiger partial charge in [-0.2, -0.15) is 0 Å². The van der Waals surface area contributed by atoms with Gasteiger partial charge in [0.25, 0.3) is 0 Å². The number of hydrogen-bond donors (Lipinski definition) is 3. The van der Waals surface area contributed by atoms with Crippen LogP contribution in [0.15, 0.2) is 46.3 Å². The number of H-pyrrole nitrogens is 1. The summed E-state index contributed by atoms with van der Waals surface area (Å²) in [5.74, 6) is 0.482. The van der Waals surface area contributed by atoms with Crippen LogP contribution in [-0.4, -0.2) is 17.4 Å². The van der Waals surface area contributed by atoms with Crippen molar-refractivity contribution < 1.29 is 4.79 Å². The number of hydrogen-bond acceptors (Lipinski definition) is 3. The van der Waals surface area contributed by atoms with Crippen LogP contribution in [0.4, 0.5) is 5.69 Å². The number of pyridine rings is 1. The normalized spacial score (nSPS) is 16.4. The number of rotatable bonds is 4. The van der Waals surface area contributed by atoms with Gasteiger partial charge in [0.2, 0.25) is 12.0 Å². The van der Waals surface area contributed by atoms with Gasteiger partial charge in [-0.3, -0.25) is 14.9 Å². The minimum atomic E-state index is -0.124. The number of aromatic amines is 1. The number of nitrogens with zero attached hydrogens (tertiary/aromatic N) is 1. The van der Waals surface area contributed by atoms with Crippen LogP contribution < -0.4 is 16.6 Å². The standard InChI is InChI=1S/C21H26N4O2/c22-21(24-14-26)25-19-9-8-16(17-10-11-23-20(27)13-17)12-18(19)15-6-4-2-1-3-5-7-15/h8-15H,1-7H2,(H,23,27)(H3,22,24,25,26). The monoisotopic (exact) mass is 366 g/mol. The minimum Gasteiger partial charge on any atom is -0.369 e. The van der Waals surface area contributed by atoms with Crippen LogP contribution in [0.1, 0.15) is 56.4 Å². The summed E-state index contributed by atoms with van der Waals surface area (Å²) >= 11 is 0. The van der Waals surface area contributed by atoms with E-state index in [2.05, 4.69) is 21.4 Å². The summed E-state index contributed by atoms with van der Waals surface area (Å²) in [5.41, 5.74) is 9.45. The molecule has 0 spiro atoms. The zero-order valence-electron chi connectivity index (χ0n) is 15.4. The van der Waals surface area contributed by atoms with Crippen molar-refractivity contribution in [2.24, 2.45) is 10.7 Å². The molecule has 1 saturated carbocycles. The Bertz CT molecular complexity index is 864. The number of amides is 1. The zero-order chi connectivity index (χ0) is 19.1. The Morgan fingerprint density at radius 1 is 1.07 bits per heavy atom. The van der Waals surface area contributed by atoms with Crippen molar-refractivity contribution in [1.29, 1.82) is 0 Å². The lowest BCUT2D eigenvalue weighted by atomic mass is 9.84. The zero-order valence-corrected chi connectivity index (χ0v) is 15.4. The first kappa shape index (κ1) is 18.9. The van der Waals surface area contributed by atoms with Crippen LogP contribution in [0.5, 0.6) is 0 Å². The molecular weight excluding hydrogens is 340 g/mol. The second-order valence-corrected chi connectivity index (χ2v) is 7.02. The van der Waals surface area contributed by atoms with E-state index in [1.54, 1.807) is 12.3 Å². The fraction of sp³-hybridized carbons (Fsp3) is 0.381. The highest BCUT2D eigenvalue weighted by Crippen LogP contribution is 2.38. The molecule has 142 valence electrons. The average molecular weight is 366 g/mol. The lowest BCUT2D eigenvalue weighted by molar-refractivity contribution is -0.108. The second kappa shape index (κ2) is 9.16. The van der Waals surface area contributed by atoms with Crippen molar-refractivity contribution in [2.45, 2.75) is 50.9 Å². The topological polar surface area (TPSA) is 100 Å². The molecule has 27 heavy (non-hydrogen) atoms. The number of carbonyl (C=O) groups excluding carboxylic acids is 1. The van der Waals surface area contributed by atoms with E-state index in [0.29, 0.717) is 12.3 Å². The Kier molecular flexibility index (Phi) is 6.41. The van der Waals surface area contributed by atoms with Crippen LogP contribution in [-0.2, 0) is 4.79 Å². The third kappa shape index (κ3) is 5.06. The first-order valence-electron chi connectivity index (χ1n) is 9.55. The van der Waals surface area contributed by atoms with Gasteiger partial charge in [0, 0.05) is 12.3 Å². The molecule has 0 radical (unpaired) electrons. The van der Waals surface area contributed by atoms with Gasteiger partial charge in [-0.1, -0.05) is 38.2 Å². The van der Waals surface area contributed by atoms with Gasteiger partial charge in [0.05, 0.1) is 5.69 Å². The van der Waals surface area contributed by atoms with E-state index >= 15 is 0 Å². The smallest absolute Gasteiger partial charge is 0.248 e. The fourth-order valence-electron chi connectivity index (χ4n) is 3.78.